The van der Waals surface area contributed by atoms with Gasteiger partial charge in [-0.05, 0) is 86.5 Å². The van der Waals surface area contributed by atoms with Crippen LogP contribution < -0.4 is 15.0 Å². The normalized spacial score (nSPS) is 14.9. The standard InChI is InChI=1S/C28H19BrN2O3S/c29-24-16-18(11-13-25(24)34-17-19-10-12-20-6-4-5-7-21(20)14-19)15-23-26(32)30-28(35)31(27(23)33)22-8-2-1-3-9-22/h1-16H,17H2,(H,30,32,35)/b23-15+. The summed E-state index contributed by atoms with van der Waals surface area (Å²) in [5.41, 5.74) is 2.32. The summed E-state index contributed by atoms with van der Waals surface area (Å²) in [4.78, 5) is 27.0. The van der Waals surface area contributed by atoms with Gasteiger partial charge in [0.15, 0.2) is 5.11 Å². The van der Waals surface area contributed by atoms with Crippen LogP contribution in [0.2, 0.25) is 0 Å². The highest BCUT2D eigenvalue weighted by Gasteiger charge is 2.34. The minimum atomic E-state index is -0.528. The fourth-order valence-corrected chi connectivity index (χ4v) is 4.64. The van der Waals surface area contributed by atoms with E-state index in [0.29, 0.717) is 28.1 Å². The van der Waals surface area contributed by atoms with E-state index in [9.17, 15) is 9.59 Å². The van der Waals surface area contributed by atoms with E-state index in [1.807, 2.05) is 36.4 Å². The maximum Gasteiger partial charge on any atom is 0.270 e. The zero-order valence-corrected chi connectivity index (χ0v) is 20.8. The number of nitrogens with one attached hydrogen (secondary N) is 1. The van der Waals surface area contributed by atoms with Gasteiger partial charge in [0.2, 0.25) is 0 Å². The monoisotopic (exact) mass is 542 g/mol. The van der Waals surface area contributed by atoms with Gasteiger partial charge in [-0.25, -0.2) is 0 Å². The molecule has 0 saturated carbocycles. The van der Waals surface area contributed by atoms with E-state index in [2.05, 4.69) is 45.5 Å². The lowest BCUT2D eigenvalue weighted by Gasteiger charge is -2.28. The minimum absolute atomic E-state index is 0.000755. The van der Waals surface area contributed by atoms with Crippen molar-refractivity contribution in [2.75, 3.05) is 4.90 Å². The lowest BCUT2D eigenvalue weighted by Crippen LogP contribution is -2.54. The van der Waals surface area contributed by atoms with Crippen molar-refractivity contribution in [1.29, 1.82) is 0 Å². The van der Waals surface area contributed by atoms with E-state index >= 15 is 0 Å². The van der Waals surface area contributed by atoms with Crippen LogP contribution >= 0.6 is 28.1 Å². The summed E-state index contributed by atoms with van der Waals surface area (Å²) >= 11 is 8.78. The van der Waals surface area contributed by atoms with Crippen molar-refractivity contribution in [3.8, 4) is 5.75 Å². The summed E-state index contributed by atoms with van der Waals surface area (Å²) in [6, 6.07) is 28.8. The maximum atomic E-state index is 13.1. The van der Waals surface area contributed by atoms with E-state index in [1.165, 1.54) is 10.3 Å². The van der Waals surface area contributed by atoms with Crippen LogP contribution in [0.25, 0.3) is 16.8 Å². The molecule has 1 N–H and O–H groups in total. The second kappa shape index (κ2) is 9.82. The van der Waals surface area contributed by atoms with Crippen molar-refractivity contribution in [3.63, 3.8) is 0 Å². The first-order valence-electron chi connectivity index (χ1n) is 10.9. The summed E-state index contributed by atoms with van der Waals surface area (Å²) in [7, 11) is 0. The smallest absolute Gasteiger partial charge is 0.270 e. The van der Waals surface area contributed by atoms with Crippen LogP contribution in [-0.2, 0) is 16.2 Å². The summed E-state index contributed by atoms with van der Waals surface area (Å²) < 4.78 is 6.72. The Hall–Kier alpha value is -3.81. The molecule has 172 valence electrons. The van der Waals surface area contributed by atoms with Crippen molar-refractivity contribution >= 4 is 67.6 Å². The Balaban J connectivity index is 1.35. The van der Waals surface area contributed by atoms with E-state index in [4.69, 9.17) is 17.0 Å². The lowest BCUT2D eigenvalue weighted by atomic mass is 10.1. The second-order valence-corrected chi connectivity index (χ2v) is 9.19. The molecule has 35 heavy (non-hydrogen) atoms. The number of hydrogen-bond acceptors (Lipinski definition) is 4. The molecule has 5 nitrogen and oxygen atoms in total. The van der Waals surface area contributed by atoms with Gasteiger partial charge in [0.05, 0.1) is 10.2 Å². The minimum Gasteiger partial charge on any atom is -0.488 e. The number of hydrogen-bond donors (Lipinski definition) is 1. The first-order chi connectivity index (χ1) is 17.0. The third kappa shape index (κ3) is 4.87. The average Bonchev–Trinajstić information content (AvgIpc) is 2.86. The topological polar surface area (TPSA) is 58.6 Å². The first kappa shape index (κ1) is 23.0. The summed E-state index contributed by atoms with van der Waals surface area (Å²) in [5.74, 6) is -0.343. The molecule has 0 atom stereocenters. The highest BCUT2D eigenvalue weighted by atomic mass is 79.9. The van der Waals surface area contributed by atoms with E-state index < -0.39 is 11.8 Å². The zero-order valence-electron chi connectivity index (χ0n) is 18.4. The van der Waals surface area contributed by atoms with Crippen molar-refractivity contribution in [2.45, 2.75) is 6.61 Å². The maximum absolute atomic E-state index is 13.1. The Morgan fingerprint density at radius 1 is 0.886 bits per heavy atom. The molecule has 0 unspecified atom stereocenters. The Kier molecular flexibility index (Phi) is 6.44. The Morgan fingerprint density at radius 2 is 1.63 bits per heavy atom. The fourth-order valence-electron chi connectivity index (χ4n) is 3.85. The quantitative estimate of drug-likeness (QED) is 0.190. The fraction of sp³-hybridized carbons (Fsp3) is 0.0357. The predicted molar refractivity (Wildman–Crippen MR) is 145 cm³/mol. The van der Waals surface area contributed by atoms with Crippen LogP contribution in [0.5, 0.6) is 5.75 Å². The SMILES string of the molecule is O=C1NC(=S)N(c2ccccc2)C(=O)/C1=C/c1ccc(OCc2ccc3ccccc3c2)c(Br)c1. The molecule has 0 aromatic heterocycles. The predicted octanol–water partition coefficient (Wildman–Crippen LogP) is 6.01. The van der Waals surface area contributed by atoms with Gasteiger partial charge in [0.25, 0.3) is 11.8 Å². The van der Waals surface area contributed by atoms with Crippen molar-refractivity contribution in [2.24, 2.45) is 0 Å². The highest BCUT2D eigenvalue weighted by molar-refractivity contribution is 9.10. The molecule has 1 aliphatic rings. The van der Waals surface area contributed by atoms with Crippen LogP contribution in [0.4, 0.5) is 5.69 Å². The van der Waals surface area contributed by atoms with Gasteiger partial charge in [0, 0.05) is 0 Å². The van der Waals surface area contributed by atoms with Gasteiger partial charge in [-0.2, -0.15) is 0 Å². The molecule has 7 heteroatoms. The third-order valence-electron chi connectivity index (χ3n) is 5.59. The van der Waals surface area contributed by atoms with E-state index in [0.717, 1.165) is 10.9 Å². The van der Waals surface area contributed by atoms with E-state index in [-0.39, 0.29) is 10.7 Å². The van der Waals surface area contributed by atoms with Gasteiger partial charge in [0.1, 0.15) is 17.9 Å². The first-order valence-corrected chi connectivity index (χ1v) is 12.1. The van der Waals surface area contributed by atoms with Gasteiger partial charge in [-0.15, -0.1) is 0 Å². The van der Waals surface area contributed by atoms with Gasteiger partial charge < -0.3 is 4.74 Å². The molecule has 2 amide bonds. The number of nitrogens with zero attached hydrogens (tertiary/aromatic N) is 1. The van der Waals surface area contributed by atoms with Crippen molar-refractivity contribution in [1.82, 2.24) is 5.32 Å². The number of rotatable bonds is 5. The van der Waals surface area contributed by atoms with Crippen LogP contribution in [0.3, 0.4) is 0 Å². The van der Waals surface area contributed by atoms with Gasteiger partial charge in [-0.1, -0.05) is 60.7 Å². The molecule has 4 aromatic carbocycles. The van der Waals surface area contributed by atoms with Crippen LogP contribution in [0, 0.1) is 0 Å². The number of ether oxygens (including phenoxy) is 1. The van der Waals surface area contributed by atoms with Crippen molar-refractivity contribution in [3.05, 3.63) is 112 Å². The molecule has 0 spiro atoms. The average molecular weight is 543 g/mol. The molecular weight excluding hydrogens is 524 g/mol. The molecule has 1 heterocycles. The molecule has 1 aliphatic heterocycles. The summed E-state index contributed by atoms with van der Waals surface area (Å²) in [5, 5.41) is 5.00. The number of carbonyl (C=O) groups excluding carboxylic acids is 2. The Bertz CT molecular complexity index is 1500. The van der Waals surface area contributed by atoms with Gasteiger partial charge >= 0.3 is 0 Å². The number of halogens is 1. The summed E-state index contributed by atoms with van der Waals surface area (Å²) in [6.07, 6.45) is 1.55. The zero-order chi connectivity index (χ0) is 24.4. The highest BCUT2D eigenvalue weighted by Crippen LogP contribution is 2.29. The molecule has 1 saturated heterocycles. The number of thiocarbonyl (C=S) groups is 1. The molecule has 0 aliphatic carbocycles. The van der Waals surface area contributed by atoms with Crippen LogP contribution in [0.1, 0.15) is 11.1 Å². The number of amides is 2. The molecule has 5 rings (SSSR count). The van der Waals surface area contributed by atoms with Crippen LogP contribution in [-0.4, -0.2) is 16.9 Å². The number of carbonyl (C=O) groups is 2. The van der Waals surface area contributed by atoms with Crippen molar-refractivity contribution < 1.29 is 14.3 Å². The Morgan fingerprint density at radius 3 is 2.40 bits per heavy atom. The molecule has 0 bridgehead atoms. The molecule has 1 fully saturated rings. The van der Waals surface area contributed by atoms with E-state index in [1.54, 1.807) is 36.4 Å². The summed E-state index contributed by atoms with van der Waals surface area (Å²) in [6.45, 7) is 0.411. The number of fused-ring (bicyclic) bond motifs is 1. The van der Waals surface area contributed by atoms with Gasteiger partial charge in [-0.3, -0.25) is 19.8 Å². The third-order valence-corrected chi connectivity index (χ3v) is 6.50. The lowest BCUT2D eigenvalue weighted by molar-refractivity contribution is -0.122. The molecular formula is C28H19BrN2O3S. The second-order valence-electron chi connectivity index (χ2n) is 7.95. The number of para-hydroxylation sites is 1. The Labute approximate surface area is 216 Å². The number of anilines is 1. The molecule has 0 radical (unpaired) electrons. The largest absolute Gasteiger partial charge is 0.488 e. The van der Waals surface area contributed by atoms with Crippen LogP contribution in [0.15, 0.2) is 101 Å². The molecule has 4 aromatic rings. The number of benzene rings is 4.